The normalized spacial score (nSPS) is 30.6. The molecule has 0 aliphatic heterocycles. The number of rotatable bonds is 3. The monoisotopic (exact) mass is 359 g/mol. The van der Waals surface area contributed by atoms with E-state index in [9.17, 15) is 0 Å². The molecule has 4 heteroatoms. The van der Waals surface area contributed by atoms with Crippen LogP contribution in [-0.4, -0.2) is 15.0 Å². The quantitative estimate of drug-likeness (QED) is 0.648. The van der Waals surface area contributed by atoms with Crippen LogP contribution in [0.25, 0.3) is 22.8 Å². The third-order valence-electron chi connectivity index (χ3n) is 6.87. The second kappa shape index (κ2) is 5.14. The Bertz CT molecular complexity index is 988. The summed E-state index contributed by atoms with van der Waals surface area (Å²) in [5, 5.41) is 0.231. The molecule has 3 aliphatic carbocycles. The van der Waals surface area contributed by atoms with Crippen LogP contribution in [0, 0.1) is 17.8 Å². The predicted octanol–water partition coefficient (Wildman–Crippen LogP) is 5.16. The number of nitrogens with zero attached hydrogens (tertiary/aromatic N) is 3. The van der Waals surface area contributed by atoms with Gasteiger partial charge >= 0.3 is 0 Å². The van der Waals surface area contributed by atoms with Gasteiger partial charge in [0.15, 0.2) is 11.6 Å². The average molecular weight is 360 g/mol. The topological polar surface area (TPSA) is 38.7 Å². The Morgan fingerprint density at radius 1 is 0.769 bits per heavy atom. The molecule has 0 N–H and O–H groups in total. The van der Waals surface area contributed by atoms with Gasteiger partial charge in [0, 0.05) is 11.1 Å². The molecule has 1 aromatic heterocycles. The molecule has 0 bridgehead atoms. The first-order valence-corrected chi connectivity index (χ1v) is 9.69. The summed E-state index contributed by atoms with van der Waals surface area (Å²) in [4.78, 5) is 13.3. The summed E-state index contributed by atoms with van der Waals surface area (Å²) in [5.74, 6) is 4.26. The van der Waals surface area contributed by atoms with Crippen LogP contribution >= 0.6 is 11.6 Å². The summed E-state index contributed by atoms with van der Waals surface area (Å²) < 4.78 is 0. The van der Waals surface area contributed by atoms with Crippen molar-refractivity contribution in [2.45, 2.75) is 24.7 Å². The van der Waals surface area contributed by atoms with E-state index < -0.39 is 0 Å². The number of halogens is 1. The van der Waals surface area contributed by atoms with Gasteiger partial charge in [-0.05, 0) is 59.6 Å². The molecular formula is C22H18ClN3. The second-order valence-corrected chi connectivity index (χ2v) is 8.38. The average Bonchev–Trinajstić information content (AvgIpc) is 2.68. The lowest BCUT2D eigenvalue weighted by Gasteiger charge is -2.76. The molecular weight excluding hydrogens is 342 g/mol. The van der Waals surface area contributed by atoms with Crippen molar-refractivity contribution in [3.63, 3.8) is 0 Å². The summed E-state index contributed by atoms with van der Waals surface area (Å²) in [6.07, 6.45) is 4.27. The third-order valence-corrected chi connectivity index (χ3v) is 7.04. The number of benzene rings is 2. The summed E-state index contributed by atoms with van der Waals surface area (Å²) in [6, 6.07) is 18.7. The fourth-order valence-corrected chi connectivity index (χ4v) is 5.90. The van der Waals surface area contributed by atoms with Gasteiger partial charge in [-0.3, -0.25) is 0 Å². The van der Waals surface area contributed by atoms with Gasteiger partial charge in [-0.2, -0.15) is 9.97 Å². The first-order chi connectivity index (χ1) is 12.7. The molecule has 3 saturated carbocycles. The number of hydrogen-bond acceptors (Lipinski definition) is 3. The van der Waals surface area contributed by atoms with E-state index in [1.54, 1.807) is 0 Å². The maximum atomic E-state index is 6.17. The van der Waals surface area contributed by atoms with E-state index in [0.717, 1.165) is 28.9 Å². The van der Waals surface area contributed by atoms with Gasteiger partial charge in [0.25, 0.3) is 0 Å². The van der Waals surface area contributed by atoms with Crippen LogP contribution in [0.15, 0.2) is 54.6 Å². The lowest BCUT2D eigenvalue weighted by atomic mass is 9.28. The molecule has 6 rings (SSSR count). The standard InChI is InChI=1S/C22H18ClN3/c23-21-25-19(13-4-2-1-3-5-13)24-20(26-21)14-6-8-17(9-7-14)22-11-15-10-16(12-22)18(15)22/h1-9,15-16,18H,10-12H2/t15-,16?,18?,22?/m1/s1. The summed E-state index contributed by atoms with van der Waals surface area (Å²) in [5.41, 5.74) is 3.94. The molecule has 3 fully saturated rings. The van der Waals surface area contributed by atoms with E-state index in [1.807, 2.05) is 30.3 Å². The van der Waals surface area contributed by atoms with Crippen molar-refractivity contribution in [1.82, 2.24) is 15.0 Å². The highest BCUT2D eigenvalue weighted by Crippen LogP contribution is 2.77. The Balaban J connectivity index is 1.34. The van der Waals surface area contributed by atoms with Crippen LogP contribution in [-0.2, 0) is 5.41 Å². The zero-order chi connectivity index (χ0) is 17.3. The van der Waals surface area contributed by atoms with Crippen molar-refractivity contribution in [3.05, 3.63) is 65.4 Å². The van der Waals surface area contributed by atoms with Gasteiger partial charge in [-0.25, -0.2) is 4.98 Å². The SMILES string of the molecule is Clc1nc(-c2ccccc2)nc(-c2ccc(C34CC5C[C@H](C3)C54)cc2)n1. The summed E-state index contributed by atoms with van der Waals surface area (Å²) in [7, 11) is 0. The molecule has 3 aliphatic rings. The maximum Gasteiger partial charge on any atom is 0.226 e. The minimum Gasteiger partial charge on any atom is -0.208 e. The van der Waals surface area contributed by atoms with Crippen molar-refractivity contribution in [2.75, 3.05) is 0 Å². The van der Waals surface area contributed by atoms with Gasteiger partial charge in [0.1, 0.15) is 0 Å². The van der Waals surface area contributed by atoms with Crippen LogP contribution in [0.3, 0.4) is 0 Å². The Kier molecular flexibility index (Phi) is 2.94. The lowest BCUT2D eigenvalue weighted by molar-refractivity contribution is -0.219. The van der Waals surface area contributed by atoms with Crippen LogP contribution in [0.1, 0.15) is 24.8 Å². The molecule has 0 amide bonds. The summed E-state index contributed by atoms with van der Waals surface area (Å²) >= 11 is 6.17. The molecule has 1 heterocycles. The molecule has 3 unspecified atom stereocenters. The highest BCUT2D eigenvalue weighted by Gasteiger charge is 2.71. The molecule has 26 heavy (non-hydrogen) atoms. The van der Waals surface area contributed by atoms with E-state index in [1.165, 1.54) is 24.8 Å². The van der Waals surface area contributed by atoms with Crippen molar-refractivity contribution >= 4 is 11.6 Å². The highest BCUT2D eigenvalue weighted by atomic mass is 35.5. The lowest BCUT2D eigenvalue weighted by Crippen LogP contribution is -2.71. The molecule has 3 nitrogen and oxygen atoms in total. The fraction of sp³-hybridized carbons (Fsp3) is 0.318. The smallest absolute Gasteiger partial charge is 0.208 e. The molecule has 0 radical (unpaired) electrons. The van der Waals surface area contributed by atoms with Gasteiger partial charge in [0.05, 0.1) is 0 Å². The molecule has 4 atom stereocenters. The molecule has 0 saturated heterocycles. The largest absolute Gasteiger partial charge is 0.226 e. The van der Waals surface area contributed by atoms with E-state index >= 15 is 0 Å². The van der Waals surface area contributed by atoms with Crippen LogP contribution in [0.5, 0.6) is 0 Å². The van der Waals surface area contributed by atoms with Gasteiger partial charge in [-0.15, -0.1) is 0 Å². The highest BCUT2D eigenvalue weighted by molar-refractivity contribution is 6.28. The van der Waals surface area contributed by atoms with E-state index in [0.29, 0.717) is 17.1 Å². The fourth-order valence-electron chi connectivity index (χ4n) is 5.74. The van der Waals surface area contributed by atoms with E-state index in [2.05, 4.69) is 39.2 Å². The Morgan fingerprint density at radius 2 is 1.38 bits per heavy atom. The van der Waals surface area contributed by atoms with Crippen LogP contribution < -0.4 is 0 Å². The Hall–Kier alpha value is -2.26. The summed E-state index contributed by atoms with van der Waals surface area (Å²) in [6.45, 7) is 0. The van der Waals surface area contributed by atoms with Gasteiger partial charge in [-0.1, -0.05) is 54.6 Å². The zero-order valence-electron chi connectivity index (χ0n) is 14.3. The maximum absolute atomic E-state index is 6.17. The second-order valence-electron chi connectivity index (χ2n) is 8.04. The Morgan fingerprint density at radius 3 is 1.96 bits per heavy atom. The zero-order valence-corrected chi connectivity index (χ0v) is 15.0. The first-order valence-electron chi connectivity index (χ1n) is 9.31. The molecule has 0 spiro atoms. The first kappa shape index (κ1) is 14.9. The Labute approximate surface area is 157 Å². The number of aromatic nitrogens is 3. The van der Waals surface area contributed by atoms with Crippen molar-refractivity contribution in [3.8, 4) is 22.8 Å². The predicted molar refractivity (Wildman–Crippen MR) is 102 cm³/mol. The van der Waals surface area contributed by atoms with Crippen molar-refractivity contribution in [1.29, 1.82) is 0 Å². The van der Waals surface area contributed by atoms with Crippen LogP contribution in [0.2, 0.25) is 5.28 Å². The van der Waals surface area contributed by atoms with Gasteiger partial charge in [0.2, 0.25) is 5.28 Å². The van der Waals surface area contributed by atoms with E-state index in [-0.39, 0.29) is 5.28 Å². The molecule has 128 valence electrons. The molecule has 3 aromatic rings. The van der Waals surface area contributed by atoms with Crippen molar-refractivity contribution in [2.24, 2.45) is 17.8 Å². The number of hydrogen-bond donors (Lipinski definition) is 0. The minimum absolute atomic E-state index is 0.231. The van der Waals surface area contributed by atoms with Crippen molar-refractivity contribution < 1.29 is 0 Å². The third kappa shape index (κ3) is 1.92. The van der Waals surface area contributed by atoms with Gasteiger partial charge < -0.3 is 0 Å². The van der Waals surface area contributed by atoms with E-state index in [4.69, 9.17) is 11.6 Å². The minimum atomic E-state index is 0.231. The molecule has 2 aromatic carbocycles. The van der Waals surface area contributed by atoms with Crippen LogP contribution in [0.4, 0.5) is 0 Å².